The number of hydrogen-bond acceptors (Lipinski definition) is 9. The number of fused-ring (bicyclic) bond motifs is 1. The van der Waals surface area contributed by atoms with Gasteiger partial charge in [0.15, 0.2) is 4.34 Å². The number of carbonyl (C=O) groups excluding carboxylic acids is 2. The SMILES string of the molecule is CCC(Sc1nc2ccc(NC(=O)c3ccc([N+](=O)[O-])cc3)cc2s1)C(=O)Nc1cccc([N+](=O)[O-])c1. The molecule has 188 valence electrons. The predicted octanol–water partition coefficient (Wildman–Crippen LogP) is 5.87. The van der Waals surface area contributed by atoms with Gasteiger partial charge in [-0.1, -0.05) is 24.8 Å². The van der Waals surface area contributed by atoms with Gasteiger partial charge in [-0.05, 0) is 42.8 Å². The minimum absolute atomic E-state index is 0.100. The topological polar surface area (TPSA) is 157 Å². The third kappa shape index (κ3) is 6.26. The van der Waals surface area contributed by atoms with Gasteiger partial charge in [0.05, 0.1) is 25.3 Å². The molecule has 4 aromatic rings. The van der Waals surface area contributed by atoms with Crippen molar-refractivity contribution >= 4 is 67.9 Å². The number of non-ortho nitro benzene ring substituents is 2. The number of benzene rings is 3. The summed E-state index contributed by atoms with van der Waals surface area (Å²) in [6.45, 7) is 1.86. The predicted molar refractivity (Wildman–Crippen MR) is 142 cm³/mol. The summed E-state index contributed by atoms with van der Waals surface area (Å²) in [6, 6.07) is 16.3. The van der Waals surface area contributed by atoms with Gasteiger partial charge >= 0.3 is 0 Å². The molecule has 0 radical (unpaired) electrons. The molecule has 2 N–H and O–H groups in total. The molecule has 4 rings (SSSR count). The number of carbonyl (C=O) groups is 2. The number of amides is 2. The summed E-state index contributed by atoms with van der Waals surface area (Å²) >= 11 is 2.66. The number of nitro benzene ring substituents is 2. The molecule has 2 amide bonds. The quantitative estimate of drug-likeness (QED) is 0.152. The third-order valence-corrected chi connectivity index (χ3v) is 7.67. The zero-order valence-corrected chi connectivity index (χ0v) is 20.9. The van der Waals surface area contributed by atoms with Crippen LogP contribution in [0.5, 0.6) is 0 Å². The van der Waals surface area contributed by atoms with Crippen LogP contribution in [0.4, 0.5) is 22.7 Å². The van der Waals surface area contributed by atoms with Gasteiger partial charge in [-0.15, -0.1) is 11.3 Å². The van der Waals surface area contributed by atoms with E-state index in [4.69, 9.17) is 0 Å². The van der Waals surface area contributed by atoms with Gasteiger partial charge in [0.1, 0.15) is 0 Å². The van der Waals surface area contributed by atoms with Gasteiger partial charge in [0, 0.05) is 41.2 Å². The summed E-state index contributed by atoms with van der Waals surface area (Å²) < 4.78 is 1.47. The minimum atomic E-state index is -0.532. The molecule has 11 nitrogen and oxygen atoms in total. The van der Waals surface area contributed by atoms with E-state index in [1.807, 2.05) is 6.92 Å². The largest absolute Gasteiger partial charge is 0.325 e. The lowest BCUT2D eigenvalue weighted by molar-refractivity contribution is -0.385. The molecular weight excluding hydrogens is 518 g/mol. The second kappa shape index (κ2) is 11.1. The van der Waals surface area contributed by atoms with Gasteiger partial charge in [-0.3, -0.25) is 29.8 Å². The third-order valence-electron chi connectivity index (χ3n) is 5.20. The monoisotopic (exact) mass is 537 g/mol. The smallest absolute Gasteiger partial charge is 0.271 e. The minimum Gasteiger partial charge on any atom is -0.325 e. The number of nitro groups is 2. The Balaban J connectivity index is 1.44. The van der Waals surface area contributed by atoms with Gasteiger partial charge in [0.25, 0.3) is 17.3 Å². The molecule has 0 fully saturated rings. The number of hydrogen-bond donors (Lipinski definition) is 2. The molecule has 13 heteroatoms. The Labute approximate surface area is 218 Å². The molecule has 0 aliphatic carbocycles. The molecule has 1 atom stereocenters. The Morgan fingerprint density at radius 2 is 1.65 bits per heavy atom. The highest BCUT2D eigenvalue weighted by Crippen LogP contribution is 2.35. The van der Waals surface area contributed by atoms with Crippen LogP contribution in [0.15, 0.2) is 71.1 Å². The molecule has 3 aromatic carbocycles. The molecular formula is C24H19N5O6S2. The Bertz CT molecular complexity index is 1510. The number of anilines is 2. The van der Waals surface area contributed by atoms with E-state index in [0.717, 1.165) is 4.70 Å². The average Bonchev–Trinajstić information content (AvgIpc) is 3.29. The van der Waals surface area contributed by atoms with Crippen LogP contribution in [0.1, 0.15) is 23.7 Å². The standard InChI is InChI=1S/C24H19N5O6S2/c1-2-20(23(31)26-15-4-3-5-18(12-15)29(34)35)36-24-27-19-11-8-16(13-21(19)37-24)25-22(30)14-6-9-17(10-7-14)28(32)33/h3-13,20H,2H2,1H3,(H,25,30)(H,26,31). The first-order valence-electron chi connectivity index (χ1n) is 10.9. The van der Waals surface area contributed by atoms with E-state index in [1.165, 1.54) is 65.6 Å². The van der Waals surface area contributed by atoms with Gasteiger partial charge in [-0.2, -0.15) is 0 Å². The molecule has 37 heavy (non-hydrogen) atoms. The lowest BCUT2D eigenvalue weighted by atomic mass is 10.2. The molecule has 1 heterocycles. The van der Waals surface area contributed by atoms with E-state index < -0.39 is 21.0 Å². The highest BCUT2D eigenvalue weighted by atomic mass is 32.2. The molecule has 0 aliphatic rings. The maximum Gasteiger partial charge on any atom is 0.271 e. The van der Waals surface area contributed by atoms with E-state index in [1.54, 1.807) is 24.3 Å². The fraction of sp³-hybridized carbons (Fsp3) is 0.125. The maximum atomic E-state index is 12.8. The number of rotatable bonds is 9. The first-order valence-corrected chi connectivity index (χ1v) is 12.6. The van der Waals surface area contributed by atoms with Gasteiger partial charge in [0.2, 0.25) is 5.91 Å². The van der Waals surface area contributed by atoms with Crippen molar-refractivity contribution in [2.45, 2.75) is 22.9 Å². The summed E-state index contributed by atoms with van der Waals surface area (Å²) in [5.74, 6) is -0.694. The van der Waals surface area contributed by atoms with E-state index in [-0.39, 0.29) is 22.8 Å². The molecule has 1 aromatic heterocycles. The van der Waals surface area contributed by atoms with Crippen LogP contribution in [0.3, 0.4) is 0 Å². The second-order valence-corrected chi connectivity index (χ2v) is 10.2. The zero-order valence-electron chi connectivity index (χ0n) is 19.2. The summed E-state index contributed by atoms with van der Waals surface area (Å²) in [7, 11) is 0. The first kappa shape index (κ1) is 25.7. The van der Waals surface area contributed by atoms with Crippen LogP contribution in [0, 0.1) is 20.2 Å². The summed E-state index contributed by atoms with van der Waals surface area (Å²) in [4.78, 5) is 50.6. The molecule has 0 spiro atoms. The van der Waals surface area contributed by atoms with Crippen molar-refractivity contribution in [2.75, 3.05) is 10.6 Å². The maximum absolute atomic E-state index is 12.8. The molecule has 0 bridgehead atoms. The highest BCUT2D eigenvalue weighted by molar-refractivity contribution is 8.02. The summed E-state index contributed by atoms with van der Waals surface area (Å²) in [5, 5.41) is 26.8. The van der Waals surface area contributed by atoms with Crippen LogP contribution in [-0.2, 0) is 4.79 Å². The van der Waals surface area contributed by atoms with E-state index >= 15 is 0 Å². The van der Waals surface area contributed by atoms with E-state index in [9.17, 15) is 29.8 Å². The number of aromatic nitrogens is 1. The van der Waals surface area contributed by atoms with Crippen molar-refractivity contribution in [3.8, 4) is 0 Å². The number of nitrogens with zero attached hydrogens (tertiary/aromatic N) is 3. The van der Waals surface area contributed by atoms with Crippen molar-refractivity contribution in [1.82, 2.24) is 4.98 Å². The first-order chi connectivity index (χ1) is 17.7. The van der Waals surface area contributed by atoms with Gasteiger partial charge < -0.3 is 10.6 Å². The van der Waals surface area contributed by atoms with Crippen molar-refractivity contribution in [3.05, 3.63) is 92.5 Å². The Morgan fingerprint density at radius 3 is 2.32 bits per heavy atom. The fourth-order valence-corrected chi connectivity index (χ4v) is 5.61. The molecule has 0 saturated carbocycles. The fourth-order valence-electron chi connectivity index (χ4n) is 3.33. The van der Waals surface area contributed by atoms with Crippen LogP contribution >= 0.6 is 23.1 Å². The second-order valence-electron chi connectivity index (χ2n) is 7.73. The van der Waals surface area contributed by atoms with E-state index in [0.29, 0.717) is 27.7 Å². The van der Waals surface area contributed by atoms with Crippen molar-refractivity contribution in [2.24, 2.45) is 0 Å². The number of nitrogens with one attached hydrogen (secondary N) is 2. The average molecular weight is 538 g/mol. The van der Waals surface area contributed by atoms with Crippen LogP contribution < -0.4 is 10.6 Å². The molecule has 0 saturated heterocycles. The Kier molecular flexibility index (Phi) is 7.74. The normalized spacial score (nSPS) is 11.6. The highest BCUT2D eigenvalue weighted by Gasteiger charge is 2.21. The summed E-state index contributed by atoms with van der Waals surface area (Å²) in [6.07, 6.45) is 0.512. The number of thiazole rings is 1. The van der Waals surface area contributed by atoms with Gasteiger partial charge in [-0.25, -0.2) is 4.98 Å². The lowest BCUT2D eigenvalue weighted by Crippen LogP contribution is -2.24. The van der Waals surface area contributed by atoms with Crippen LogP contribution in [0.2, 0.25) is 0 Å². The molecule has 1 unspecified atom stereocenters. The Morgan fingerprint density at radius 1 is 0.946 bits per heavy atom. The zero-order chi connectivity index (χ0) is 26.5. The molecule has 0 aliphatic heterocycles. The van der Waals surface area contributed by atoms with Crippen LogP contribution in [-0.4, -0.2) is 31.9 Å². The number of thioether (sulfide) groups is 1. The summed E-state index contributed by atoms with van der Waals surface area (Å²) in [5.41, 5.74) is 1.65. The van der Waals surface area contributed by atoms with Crippen molar-refractivity contribution in [3.63, 3.8) is 0 Å². The van der Waals surface area contributed by atoms with Crippen LogP contribution in [0.25, 0.3) is 10.2 Å². The Hall–Kier alpha value is -4.36. The van der Waals surface area contributed by atoms with E-state index in [2.05, 4.69) is 15.6 Å². The van der Waals surface area contributed by atoms with Crippen molar-refractivity contribution < 1.29 is 19.4 Å². The lowest BCUT2D eigenvalue weighted by Gasteiger charge is -2.13. The van der Waals surface area contributed by atoms with Crippen molar-refractivity contribution in [1.29, 1.82) is 0 Å².